The molecule has 3 fully saturated rings. The Kier molecular flexibility index (Phi) is 4.21. The molecule has 150 valence electrons. The molecule has 0 aromatic heterocycles. The molecule has 2 amide bonds. The van der Waals surface area contributed by atoms with Gasteiger partial charge in [0.15, 0.2) is 5.72 Å². The van der Waals surface area contributed by atoms with Gasteiger partial charge in [0.2, 0.25) is 11.8 Å². The second kappa shape index (κ2) is 6.66. The molecule has 5 nitrogen and oxygen atoms in total. The summed E-state index contributed by atoms with van der Waals surface area (Å²) in [6.45, 7) is 2.76. The Morgan fingerprint density at radius 2 is 2.03 bits per heavy atom. The molecule has 0 bridgehead atoms. The van der Waals surface area contributed by atoms with E-state index >= 15 is 0 Å². The minimum atomic E-state index is -0.730. The predicted octanol–water partition coefficient (Wildman–Crippen LogP) is 2.98. The molecule has 3 aliphatic heterocycles. The maximum absolute atomic E-state index is 13.9. The van der Waals surface area contributed by atoms with Gasteiger partial charge in [-0.15, -0.1) is 0 Å². The van der Waals surface area contributed by atoms with E-state index in [0.717, 1.165) is 5.56 Å². The fourth-order valence-electron chi connectivity index (χ4n) is 4.99. The van der Waals surface area contributed by atoms with Crippen LogP contribution in [-0.4, -0.2) is 46.5 Å². The molecule has 29 heavy (non-hydrogen) atoms. The zero-order valence-electron chi connectivity index (χ0n) is 16.3. The third-order valence-electron chi connectivity index (χ3n) is 6.51. The number of likely N-dealkylation sites (tertiary alicyclic amines) is 1. The van der Waals surface area contributed by atoms with Crippen molar-refractivity contribution in [1.29, 1.82) is 0 Å². The highest BCUT2D eigenvalue weighted by atomic mass is 19.1. The van der Waals surface area contributed by atoms with Gasteiger partial charge in [-0.3, -0.25) is 9.59 Å². The molecule has 5 rings (SSSR count). The standard InChI is InChI=1S/C23H23FN2O3/c1-15-7-8-16(11-18(15)24)12-21(27)25-10-9-23-20(25)13-22(28)26(23)14-19(29-23)17-5-3-2-4-6-17/h2-8,11,19-20H,9-10,12-14H2,1H3/t19-,20-,23+/m1/s1. The Bertz CT molecular complexity index is 979. The molecule has 3 heterocycles. The predicted molar refractivity (Wildman–Crippen MR) is 104 cm³/mol. The molecule has 2 aromatic rings. The molecule has 0 saturated carbocycles. The van der Waals surface area contributed by atoms with Crippen LogP contribution in [0.1, 0.15) is 35.6 Å². The van der Waals surface area contributed by atoms with E-state index in [4.69, 9.17) is 4.74 Å². The van der Waals surface area contributed by atoms with Crippen LogP contribution < -0.4 is 0 Å². The third-order valence-corrected chi connectivity index (χ3v) is 6.51. The van der Waals surface area contributed by atoms with Crippen LogP contribution in [0.5, 0.6) is 0 Å². The fourth-order valence-corrected chi connectivity index (χ4v) is 4.99. The van der Waals surface area contributed by atoms with Crippen molar-refractivity contribution in [3.05, 3.63) is 71.0 Å². The van der Waals surface area contributed by atoms with Crippen LogP contribution in [0, 0.1) is 12.7 Å². The summed E-state index contributed by atoms with van der Waals surface area (Å²) in [6, 6.07) is 14.5. The van der Waals surface area contributed by atoms with Crippen LogP contribution >= 0.6 is 0 Å². The highest BCUT2D eigenvalue weighted by Gasteiger charge is 2.64. The van der Waals surface area contributed by atoms with Gasteiger partial charge in [-0.25, -0.2) is 4.39 Å². The molecule has 0 aliphatic carbocycles. The lowest BCUT2D eigenvalue weighted by Gasteiger charge is -2.32. The molecule has 3 saturated heterocycles. The van der Waals surface area contributed by atoms with E-state index in [0.29, 0.717) is 30.6 Å². The molecule has 2 aromatic carbocycles. The van der Waals surface area contributed by atoms with E-state index in [1.807, 2.05) is 35.2 Å². The highest BCUT2D eigenvalue weighted by Crippen LogP contribution is 2.50. The average Bonchev–Trinajstić information content (AvgIpc) is 3.34. The van der Waals surface area contributed by atoms with Gasteiger partial charge in [-0.2, -0.15) is 0 Å². The second-order valence-electron chi connectivity index (χ2n) is 8.18. The van der Waals surface area contributed by atoms with Crippen molar-refractivity contribution in [2.24, 2.45) is 0 Å². The molecule has 0 radical (unpaired) electrons. The lowest BCUT2D eigenvalue weighted by molar-refractivity contribution is -0.142. The van der Waals surface area contributed by atoms with Crippen molar-refractivity contribution < 1.29 is 18.7 Å². The lowest BCUT2D eigenvalue weighted by Crippen LogP contribution is -2.49. The summed E-state index contributed by atoms with van der Waals surface area (Å²) in [5.41, 5.74) is 1.52. The van der Waals surface area contributed by atoms with Gasteiger partial charge in [-0.1, -0.05) is 42.5 Å². The van der Waals surface area contributed by atoms with Crippen molar-refractivity contribution in [2.45, 2.75) is 44.1 Å². The van der Waals surface area contributed by atoms with Crippen LogP contribution in [0.15, 0.2) is 48.5 Å². The summed E-state index contributed by atoms with van der Waals surface area (Å²) in [5, 5.41) is 0. The van der Waals surface area contributed by atoms with E-state index in [9.17, 15) is 14.0 Å². The summed E-state index contributed by atoms with van der Waals surface area (Å²) in [4.78, 5) is 29.3. The van der Waals surface area contributed by atoms with Crippen molar-refractivity contribution in [3.8, 4) is 0 Å². The molecule has 6 heteroatoms. The monoisotopic (exact) mass is 394 g/mol. The number of amides is 2. The topological polar surface area (TPSA) is 49.9 Å². The molecular weight excluding hydrogens is 371 g/mol. The van der Waals surface area contributed by atoms with Gasteiger partial charge in [0.25, 0.3) is 0 Å². The smallest absolute Gasteiger partial charge is 0.227 e. The van der Waals surface area contributed by atoms with E-state index in [-0.39, 0.29) is 42.6 Å². The van der Waals surface area contributed by atoms with Crippen LogP contribution in [0.4, 0.5) is 4.39 Å². The number of hydrogen-bond acceptors (Lipinski definition) is 3. The number of nitrogens with zero attached hydrogens (tertiary/aromatic N) is 2. The first-order chi connectivity index (χ1) is 14.0. The SMILES string of the molecule is Cc1ccc(CC(=O)N2CC[C@@]34O[C@@H](c5ccccc5)CN3C(=O)C[C@@H]24)cc1F. The molecule has 3 atom stereocenters. The fraction of sp³-hybridized carbons (Fsp3) is 0.391. The van der Waals surface area contributed by atoms with Crippen LogP contribution in [0.3, 0.4) is 0 Å². The summed E-state index contributed by atoms with van der Waals surface area (Å²) in [6.07, 6.45) is 0.847. The molecular formula is C23H23FN2O3. The summed E-state index contributed by atoms with van der Waals surface area (Å²) >= 11 is 0. The number of aryl methyl sites for hydroxylation is 1. The second-order valence-corrected chi connectivity index (χ2v) is 8.18. The number of benzene rings is 2. The largest absolute Gasteiger partial charge is 0.343 e. The summed E-state index contributed by atoms with van der Waals surface area (Å²) in [7, 11) is 0. The summed E-state index contributed by atoms with van der Waals surface area (Å²) in [5.74, 6) is -0.357. The van der Waals surface area contributed by atoms with E-state index < -0.39 is 5.72 Å². The van der Waals surface area contributed by atoms with Crippen LogP contribution in [0.25, 0.3) is 0 Å². The third kappa shape index (κ3) is 2.85. The Morgan fingerprint density at radius 3 is 2.79 bits per heavy atom. The van der Waals surface area contributed by atoms with Crippen LogP contribution in [0.2, 0.25) is 0 Å². The lowest BCUT2D eigenvalue weighted by atomic mass is 10.0. The van der Waals surface area contributed by atoms with Crippen molar-refractivity contribution in [2.75, 3.05) is 13.1 Å². The first-order valence-electron chi connectivity index (χ1n) is 10.1. The van der Waals surface area contributed by atoms with Crippen molar-refractivity contribution in [3.63, 3.8) is 0 Å². The number of carbonyl (C=O) groups is 2. The Labute approximate surface area is 169 Å². The number of carbonyl (C=O) groups excluding carboxylic acids is 2. The first kappa shape index (κ1) is 18.3. The van der Waals surface area contributed by atoms with E-state index in [1.165, 1.54) is 6.07 Å². The van der Waals surface area contributed by atoms with Gasteiger partial charge in [0.05, 0.1) is 25.4 Å². The molecule has 0 unspecified atom stereocenters. The quantitative estimate of drug-likeness (QED) is 0.804. The van der Waals surface area contributed by atoms with E-state index in [1.54, 1.807) is 24.0 Å². The number of halogens is 1. The molecule has 1 spiro atoms. The zero-order valence-corrected chi connectivity index (χ0v) is 16.3. The van der Waals surface area contributed by atoms with Gasteiger partial charge >= 0.3 is 0 Å². The maximum atomic E-state index is 13.9. The minimum absolute atomic E-state index is 0.0345. The average molecular weight is 394 g/mol. The first-order valence-corrected chi connectivity index (χ1v) is 10.1. The van der Waals surface area contributed by atoms with Crippen molar-refractivity contribution in [1.82, 2.24) is 9.80 Å². The molecule has 3 aliphatic rings. The number of hydrogen-bond donors (Lipinski definition) is 0. The Balaban J connectivity index is 1.37. The van der Waals surface area contributed by atoms with Gasteiger partial charge < -0.3 is 14.5 Å². The highest BCUT2D eigenvalue weighted by molar-refractivity contribution is 5.85. The van der Waals surface area contributed by atoms with E-state index in [2.05, 4.69) is 0 Å². The number of ether oxygens (including phenoxy) is 1. The Hall–Kier alpha value is -2.73. The summed E-state index contributed by atoms with van der Waals surface area (Å²) < 4.78 is 20.3. The maximum Gasteiger partial charge on any atom is 0.227 e. The zero-order chi connectivity index (χ0) is 20.2. The van der Waals surface area contributed by atoms with Gasteiger partial charge in [0.1, 0.15) is 11.9 Å². The number of rotatable bonds is 3. The van der Waals surface area contributed by atoms with Gasteiger partial charge in [-0.05, 0) is 29.7 Å². The van der Waals surface area contributed by atoms with Crippen LogP contribution in [-0.2, 0) is 20.7 Å². The Morgan fingerprint density at radius 1 is 1.24 bits per heavy atom. The normalized spacial score (nSPS) is 28.0. The minimum Gasteiger partial charge on any atom is -0.343 e. The van der Waals surface area contributed by atoms with Crippen molar-refractivity contribution >= 4 is 11.8 Å². The molecule has 0 N–H and O–H groups in total. The van der Waals surface area contributed by atoms with Gasteiger partial charge in [0, 0.05) is 13.0 Å².